The number of amides is 1. The van der Waals surface area contributed by atoms with E-state index in [9.17, 15) is 9.59 Å². The van der Waals surface area contributed by atoms with E-state index in [1.54, 1.807) is 0 Å². The third kappa shape index (κ3) is 4.76. The monoisotopic (exact) mass is 419 g/mol. The molecule has 2 aromatic rings. The van der Waals surface area contributed by atoms with E-state index in [1.165, 1.54) is 21.9 Å². The molecule has 0 saturated carbocycles. The van der Waals surface area contributed by atoms with Crippen molar-refractivity contribution in [1.29, 1.82) is 0 Å². The van der Waals surface area contributed by atoms with Crippen molar-refractivity contribution in [2.45, 2.75) is 19.8 Å². The van der Waals surface area contributed by atoms with Gasteiger partial charge < -0.3 is 15.1 Å². The van der Waals surface area contributed by atoms with Crippen LogP contribution < -0.4 is 15.8 Å². The largest absolute Gasteiger partial charge is 0.355 e. The number of piperidine rings is 1. The lowest BCUT2D eigenvalue weighted by Crippen LogP contribution is -2.48. The number of aryl methyl sites for hydroxylation is 1. The molecule has 29 heavy (non-hydrogen) atoms. The van der Waals surface area contributed by atoms with E-state index in [0.717, 1.165) is 57.2 Å². The summed E-state index contributed by atoms with van der Waals surface area (Å²) >= 11 is 1.41. The highest BCUT2D eigenvalue weighted by Crippen LogP contribution is 2.26. The molecule has 1 unspecified atom stereocenters. The molecule has 10 heteroatoms. The Kier molecular flexibility index (Phi) is 6.12. The third-order valence-electron chi connectivity index (χ3n) is 5.75. The van der Waals surface area contributed by atoms with Crippen molar-refractivity contribution in [3.8, 4) is 0 Å². The van der Waals surface area contributed by atoms with Gasteiger partial charge in [0.1, 0.15) is 0 Å². The molecule has 158 valence electrons. The van der Waals surface area contributed by atoms with E-state index in [-0.39, 0.29) is 17.4 Å². The Bertz CT molecular complexity index is 919. The fourth-order valence-electron chi connectivity index (χ4n) is 3.96. The number of hydrogen-bond donors (Lipinski definition) is 1. The van der Waals surface area contributed by atoms with E-state index < -0.39 is 0 Å². The van der Waals surface area contributed by atoms with E-state index in [0.29, 0.717) is 23.7 Å². The van der Waals surface area contributed by atoms with Crippen LogP contribution in [0.25, 0.3) is 4.96 Å². The lowest BCUT2D eigenvalue weighted by Gasteiger charge is -2.33. The number of carbonyl (C=O) groups excluding carboxylic acids is 1. The van der Waals surface area contributed by atoms with Gasteiger partial charge in [0, 0.05) is 64.1 Å². The van der Waals surface area contributed by atoms with Crippen molar-refractivity contribution in [3.05, 3.63) is 22.1 Å². The highest BCUT2D eigenvalue weighted by molar-refractivity contribution is 7.20. The Morgan fingerprint density at radius 1 is 1.28 bits per heavy atom. The Balaban J connectivity index is 1.32. The fourth-order valence-corrected chi connectivity index (χ4v) is 4.94. The van der Waals surface area contributed by atoms with Gasteiger partial charge in [0.25, 0.3) is 5.56 Å². The van der Waals surface area contributed by atoms with Crippen LogP contribution in [0.3, 0.4) is 0 Å². The summed E-state index contributed by atoms with van der Waals surface area (Å²) in [4.78, 5) is 36.7. The molecule has 1 amide bonds. The number of aromatic nitrogens is 3. The standard InChI is InChI=1S/C19H29N7O2S/c1-14-12-16(27)26-18(21-14)29-19(22-26)25-6-3-4-15(13-25)17(28)20-5-7-24-10-8-23(2)9-11-24/h12,15H,3-11,13H2,1-2H3,(H,20,28). The summed E-state index contributed by atoms with van der Waals surface area (Å²) in [6.45, 7) is 9.19. The number of rotatable bonds is 5. The number of likely N-dealkylation sites (N-methyl/N-ethyl adjacent to an activating group) is 1. The molecular formula is C19H29N7O2S. The van der Waals surface area contributed by atoms with Crippen LogP contribution in [-0.4, -0.2) is 89.7 Å². The number of nitrogens with one attached hydrogen (secondary N) is 1. The van der Waals surface area contributed by atoms with Gasteiger partial charge in [0.05, 0.1) is 5.92 Å². The summed E-state index contributed by atoms with van der Waals surface area (Å²) in [6, 6.07) is 1.49. The molecular weight excluding hydrogens is 390 g/mol. The molecule has 2 aromatic heterocycles. The van der Waals surface area contributed by atoms with Gasteiger partial charge in [-0.3, -0.25) is 14.5 Å². The van der Waals surface area contributed by atoms with Gasteiger partial charge in [0.15, 0.2) is 0 Å². The highest BCUT2D eigenvalue weighted by atomic mass is 32.1. The molecule has 0 bridgehead atoms. The average Bonchev–Trinajstić information content (AvgIpc) is 3.14. The number of fused-ring (bicyclic) bond motifs is 1. The normalized spacial score (nSPS) is 21.6. The molecule has 2 aliphatic rings. The second-order valence-electron chi connectivity index (χ2n) is 8.04. The quantitative estimate of drug-likeness (QED) is 0.732. The maximum atomic E-state index is 12.7. The lowest BCUT2D eigenvalue weighted by atomic mass is 9.97. The van der Waals surface area contributed by atoms with Gasteiger partial charge in [-0.25, -0.2) is 4.98 Å². The minimum atomic E-state index is -0.162. The Hall–Kier alpha value is -2.04. The zero-order valence-electron chi connectivity index (χ0n) is 17.1. The van der Waals surface area contributed by atoms with Gasteiger partial charge in [-0.15, -0.1) is 5.10 Å². The van der Waals surface area contributed by atoms with Crippen LogP contribution in [0.5, 0.6) is 0 Å². The maximum absolute atomic E-state index is 12.7. The predicted octanol–water partition coefficient (Wildman–Crippen LogP) is 0.0394. The fraction of sp³-hybridized carbons (Fsp3) is 0.684. The Morgan fingerprint density at radius 2 is 2.07 bits per heavy atom. The minimum absolute atomic E-state index is 0.0466. The summed E-state index contributed by atoms with van der Waals surface area (Å²) < 4.78 is 1.35. The third-order valence-corrected chi connectivity index (χ3v) is 6.72. The second kappa shape index (κ2) is 8.76. The number of anilines is 1. The first-order valence-electron chi connectivity index (χ1n) is 10.3. The van der Waals surface area contributed by atoms with Crippen molar-refractivity contribution in [3.63, 3.8) is 0 Å². The first-order valence-corrected chi connectivity index (χ1v) is 11.1. The minimum Gasteiger partial charge on any atom is -0.355 e. The van der Waals surface area contributed by atoms with Gasteiger partial charge in [-0.05, 0) is 26.8 Å². The molecule has 4 rings (SSSR count). The summed E-state index contributed by atoms with van der Waals surface area (Å²) in [5, 5.41) is 8.32. The lowest BCUT2D eigenvalue weighted by molar-refractivity contribution is -0.125. The van der Waals surface area contributed by atoms with Gasteiger partial charge in [-0.2, -0.15) is 4.52 Å². The van der Waals surface area contributed by atoms with Crippen LogP contribution in [-0.2, 0) is 4.79 Å². The number of carbonyl (C=O) groups is 1. The predicted molar refractivity (Wildman–Crippen MR) is 114 cm³/mol. The molecule has 0 aromatic carbocycles. The summed E-state index contributed by atoms with van der Waals surface area (Å²) in [5.41, 5.74) is 0.534. The first-order chi connectivity index (χ1) is 14.0. The molecule has 9 nitrogen and oxygen atoms in total. The van der Waals surface area contributed by atoms with Crippen LogP contribution >= 0.6 is 11.3 Å². The summed E-state index contributed by atoms with van der Waals surface area (Å²) in [6.07, 6.45) is 1.83. The smallest absolute Gasteiger partial charge is 0.275 e. The number of hydrogen-bond acceptors (Lipinski definition) is 8. The molecule has 0 radical (unpaired) electrons. The topological polar surface area (TPSA) is 86.1 Å². The zero-order valence-corrected chi connectivity index (χ0v) is 18.0. The zero-order chi connectivity index (χ0) is 20.4. The van der Waals surface area contributed by atoms with Crippen LogP contribution in [0.1, 0.15) is 18.5 Å². The van der Waals surface area contributed by atoms with E-state index in [1.807, 2.05) is 6.92 Å². The maximum Gasteiger partial charge on any atom is 0.275 e. The van der Waals surface area contributed by atoms with Crippen molar-refractivity contribution < 1.29 is 4.79 Å². The molecule has 1 N–H and O–H groups in total. The molecule has 4 heterocycles. The number of nitrogens with zero attached hydrogens (tertiary/aromatic N) is 6. The van der Waals surface area contributed by atoms with E-state index in [4.69, 9.17) is 0 Å². The SMILES string of the molecule is Cc1cc(=O)n2nc(N3CCCC(C(=O)NCCN4CCN(C)CC4)C3)sc2n1. The van der Waals surface area contributed by atoms with E-state index >= 15 is 0 Å². The average molecular weight is 420 g/mol. The molecule has 2 aliphatic heterocycles. The summed E-state index contributed by atoms with van der Waals surface area (Å²) in [7, 11) is 2.15. The summed E-state index contributed by atoms with van der Waals surface area (Å²) in [5.74, 6) is 0.0748. The Labute approximate surface area is 174 Å². The van der Waals surface area contributed by atoms with Crippen molar-refractivity contribution in [2.24, 2.45) is 5.92 Å². The van der Waals surface area contributed by atoms with Crippen LogP contribution in [0, 0.1) is 12.8 Å². The van der Waals surface area contributed by atoms with Crippen molar-refractivity contribution in [1.82, 2.24) is 29.7 Å². The molecule has 2 saturated heterocycles. The molecule has 2 fully saturated rings. The van der Waals surface area contributed by atoms with Gasteiger partial charge in [-0.1, -0.05) is 11.3 Å². The van der Waals surface area contributed by atoms with Gasteiger partial charge >= 0.3 is 0 Å². The van der Waals surface area contributed by atoms with Crippen LogP contribution in [0.4, 0.5) is 5.13 Å². The van der Waals surface area contributed by atoms with Crippen LogP contribution in [0.15, 0.2) is 10.9 Å². The second-order valence-corrected chi connectivity index (χ2v) is 8.97. The van der Waals surface area contributed by atoms with Crippen molar-refractivity contribution >= 4 is 27.3 Å². The number of piperazine rings is 1. The highest BCUT2D eigenvalue weighted by Gasteiger charge is 2.28. The Morgan fingerprint density at radius 3 is 2.86 bits per heavy atom. The van der Waals surface area contributed by atoms with E-state index in [2.05, 4.69) is 37.1 Å². The van der Waals surface area contributed by atoms with Crippen LogP contribution in [0.2, 0.25) is 0 Å². The molecule has 0 aliphatic carbocycles. The molecule has 0 spiro atoms. The first kappa shape index (κ1) is 20.2. The molecule has 1 atom stereocenters. The van der Waals surface area contributed by atoms with Crippen molar-refractivity contribution in [2.75, 3.05) is 64.3 Å². The van der Waals surface area contributed by atoms with Gasteiger partial charge in [0.2, 0.25) is 16.0 Å².